The summed E-state index contributed by atoms with van der Waals surface area (Å²) in [5.74, 6) is 0.850. The van der Waals surface area contributed by atoms with Gasteiger partial charge in [-0.3, -0.25) is 4.79 Å². The average Bonchev–Trinajstić information content (AvgIpc) is 2.44. The molecule has 1 aromatic carbocycles. The van der Waals surface area contributed by atoms with Crippen LogP contribution in [0.5, 0.6) is 11.5 Å². The normalized spacial score (nSPS) is 11.8. The van der Waals surface area contributed by atoms with E-state index in [1.54, 1.807) is 20.3 Å². The molecule has 1 atom stereocenters. The number of carbonyl (C=O) groups is 1. The van der Waals surface area contributed by atoms with Crippen LogP contribution in [0.4, 0.5) is 0 Å². The number of aliphatic hydroxyl groups is 1. The Kier molecular flexibility index (Phi) is 5.59. The third-order valence-corrected chi connectivity index (χ3v) is 2.83. The van der Waals surface area contributed by atoms with Crippen molar-refractivity contribution in [3.8, 4) is 11.5 Å². The van der Waals surface area contributed by atoms with E-state index in [9.17, 15) is 4.79 Å². The smallest absolute Gasteiger partial charge is 0.239 e. The van der Waals surface area contributed by atoms with Crippen LogP contribution < -0.4 is 20.5 Å². The third-order valence-electron chi connectivity index (χ3n) is 2.83. The van der Waals surface area contributed by atoms with Gasteiger partial charge >= 0.3 is 0 Å². The number of hydrogen-bond donors (Lipinski definition) is 3. The van der Waals surface area contributed by atoms with Crippen molar-refractivity contribution in [3.05, 3.63) is 23.3 Å². The zero-order valence-electron chi connectivity index (χ0n) is 11.4. The van der Waals surface area contributed by atoms with Gasteiger partial charge in [0.1, 0.15) is 6.04 Å². The molecule has 0 bridgehead atoms. The fraction of sp³-hybridized carbons (Fsp3) is 0.462. The predicted molar refractivity (Wildman–Crippen MR) is 71.2 cm³/mol. The Morgan fingerprint density at radius 1 is 1.37 bits per heavy atom. The minimum atomic E-state index is -0.902. The first-order chi connectivity index (χ1) is 9.03. The number of nitrogens with one attached hydrogen (secondary N) is 1. The minimum absolute atomic E-state index is 0.318. The van der Waals surface area contributed by atoms with Gasteiger partial charge < -0.3 is 25.6 Å². The summed E-state index contributed by atoms with van der Waals surface area (Å²) < 4.78 is 10.4. The van der Waals surface area contributed by atoms with Gasteiger partial charge in [0.15, 0.2) is 11.5 Å². The van der Waals surface area contributed by atoms with Gasteiger partial charge in [-0.1, -0.05) is 0 Å². The maximum atomic E-state index is 11.5. The van der Waals surface area contributed by atoms with Crippen molar-refractivity contribution in [2.45, 2.75) is 19.5 Å². The second-order valence-electron chi connectivity index (χ2n) is 4.14. The second-order valence-corrected chi connectivity index (χ2v) is 4.14. The number of hydrogen-bond acceptors (Lipinski definition) is 5. The molecule has 1 unspecified atom stereocenters. The molecule has 0 saturated heterocycles. The molecular weight excluding hydrogens is 248 g/mol. The molecule has 0 heterocycles. The summed E-state index contributed by atoms with van der Waals surface area (Å²) in [6.07, 6.45) is 0. The predicted octanol–water partition coefficient (Wildman–Crippen LogP) is -0.0520. The zero-order chi connectivity index (χ0) is 14.4. The van der Waals surface area contributed by atoms with Gasteiger partial charge in [-0.2, -0.15) is 0 Å². The van der Waals surface area contributed by atoms with E-state index < -0.39 is 11.9 Å². The number of amides is 1. The molecule has 0 spiro atoms. The van der Waals surface area contributed by atoms with Crippen LogP contribution in [-0.4, -0.2) is 37.9 Å². The van der Waals surface area contributed by atoms with Crippen LogP contribution >= 0.6 is 0 Å². The Balaban J connectivity index is 2.81. The summed E-state index contributed by atoms with van der Waals surface area (Å²) in [7, 11) is 3.12. The van der Waals surface area contributed by atoms with Gasteiger partial charge in [0.2, 0.25) is 5.91 Å². The molecule has 6 heteroatoms. The number of carbonyl (C=O) groups excluding carboxylic acids is 1. The Morgan fingerprint density at radius 3 is 2.47 bits per heavy atom. The van der Waals surface area contributed by atoms with Crippen LogP contribution in [-0.2, 0) is 11.3 Å². The summed E-state index contributed by atoms with van der Waals surface area (Å²) in [5, 5.41) is 11.4. The van der Waals surface area contributed by atoms with Crippen LogP contribution in [0.25, 0.3) is 0 Å². The van der Waals surface area contributed by atoms with Gasteiger partial charge in [-0.25, -0.2) is 0 Å². The average molecular weight is 268 g/mol. The molecule has 0 radical (unpaired) electrons. The van der Waals surface area contributed by atoms with Crippen LogP contribution in [0.1, 0.15) is 11.1 Å². The van der Waals surface area contributed by atoms with E-state index in [-0.39, 0.29) is 6.61 Å². The number of methoxy groups -OCH3 is 2. The van der Waals surface area contributed by atoms with Gasteiger partial charge in [-0.05, 0) is 30.2 Å². The molecule has 0 saturated carbocycles. The Bertz CT molecular complexity index is 449. The van der Waals surface area contributed by atoms with E-state index in [4.69, 9.17) is 20.3 Å². The molecule has 0 aliphatic carbocycles. The van der Waals surface area contributed by atoms with E-state index in [0.717, 1.165) is 11.1 Å². The molecule has 1 rings (SSSR count). The lowest BCUT2D eigenvalue weighted by atomic mass is 10.1. The second kappa shape index (κ2) is 6.96. The summed E-state index contributed by atoms with van der Waals surface area (Å²) >= 11 is 0. The number of aryl methyl sites for hydroxylation is 1. The summed E-state index contributed by atoms with van der Waals surface area (Å²) in [5.41, 5.74) is 7.28. The number of rotatable bonds is 6. The van der Waals surface area contributed by atoms with Gasteiger partial charge in [0.25, 0.3) is 0 Å². The highest BCUT2D eigenvalue weighted by Crippen LogP contribution is 2.30. The van der Waals surface area contributed by atoms with E-state index >= 15 is 0 Å². The van der Waals surface area contributed by atoms with Crippen molar-refractivity contribution in [2.75, 3.05) is 20.8 Å². The SMILES string of the molecule is COc1cc(C)c(CNC(=O)C(N)CO)cc1OC. The molecule has 4 N–H and O–H groups in total. The molecule has 19 heavy (non-hydrogen) atoms. The molecule has 106 valence electrons. The molecule has 1 amide bonds. The van der Waals surface area contributed by atoms with Crippen molar-refractivity contribution < 1.29 is 19.4 Å². The number of benzene rings is 1. The molecule has 1 aromatic rings. The first kappa shape index (κ1) is 15.3. The molecule has 6 nitrogen and oxygen atoms in total. The van der Waals surface area contributed by atoms with Crippen molar-refractivity contribution in [3.63, 3.8) is 0 Å². The van der Waals surface area contributed by atoms with Crippen LogP contribution in [0.3, 0.4) is 0 Å². The molecule has 0 fully saturated rings. The fourth-order valence-electron chi connectivity index (χ4n) is 1.61. The van der Waals surface area contributed by atoms with Gasteiger partial charge in [0, 0.05) is 6.54 Å². The lowest BCUT2D eigenvalue weighted by Crippen LogP contribution is -2.42. The zero-order valence-corrected chi connectivity index (χ0v) is 11.4. The first-order valence-electron chi connectivity index (χ1n) is 5.89. The van der Waals surface area contributed by atoms with Crippen molar-refractivity contribution in [1.82, 2.24) is 5.32 Å². The lowest BCUT2D eigenvalue weighted by Gasteiger charge is -2.14. The summed E-state index contributed by atoms with van der Waals surface area (Å²) in [4.78, 5) is 11.5. The van der Waals surface area contributed by atoms with Crippen molar-refractivity contribution in [1.29, 1.82) is 0 Å². The lowest BCUT2D eigenvalue weighted by molar-refractivity contribution is -0.123. The monoisotopic (exact) mass is 268 g/mol. The van der Waals surface area contributed by atoms with E-state index in [1.807, 2.05) is 13.0 Å². The molecular formula is C13H20N2O4. The Hall–Kier alpha value is -1.79. The minimum Gasteiger partial charge on any atom is -0.493 e. The summed E-state index contributed by atoms with van der Waals surface area (Å²) in [6, 6.07) is 2.74. The third kappa shape index (κ3) is 3.84. The first-order valence-corrected chi connectivity index (χ1v) is 5.89. The number of nitrogens with two attached hydrogens (primary N) is 1. The fourth-order valence-corrected chi connectivity index (χ4v) is 1.61. The summed E-state index contributed by atoms with van der Waals surface area (Å²) in [6.45, 7) is 1.85. The molecule has 0 aromatic heterocycles. The van der Waals surface area contributed by atoms with Crippen LogP contribution in [0.15, 0.2) is 12.1 Å². The van der Waals surface area contributed by atoms with E-state index in [1.165, 1.54) is 0 Å². The highest BCUT2D eigenvalue weighted by atomic mass is 16.5. The maximum Gasteiger partial charge on any atom is 0.239 e. The molecule has 0 aliphatic heterocycles. The van der Waals surface area contributed by atoms with Crippen molar-refractivity contribution >= 4 is 5.91 Å². The maximum absolute atomic E-state index is 11.5. The van der Waals surface area contributed by atoms with Gasteiger partial charge in [0.05, 0.1) is 20.8 Å². The largest absolute Gasteiger partial charge is 0.493 e. The molecule has 0 aliphatic rings. The number of ether oxygens (including phenoxy) is 2. The van der Waals surface area contributed by atoms with Gasteiger partial charge in [-0.15, -0.1) is 0 Å². The number of aliphatic hydroxyl groups excluding tert-OH is 1. The van der Waals surface area contributed by atoms with E-state index in [2.05, 4.69) is 5.32 Å². The van der Waals surface area contributed by atoms with E-state index in [0.29, 0.717) is 18.0 Å². The van der Waals surface area contributed by atoms with Crippen LogP contribution in [0.2, 0.25) is 0 Å². The van der Waals surface area contributed by atoms with Crippen molar-refractivity contribution in [2.24, 2.45) is 5.73 Å². The Morgan fingerprint density at radius 2 is 1.95 bits per heavy atom. The topological polar surface area (TPSA) is 93.8 Å². The Labute approximate surface area is 112 Å². The standard InChI is InChI=1S/C13H20N2O4/c1-8-4-11(18-2)12(19-3)5-9(8)6-15-13(17)10(14)7-16/h4-5,10,16H,6-7,14H2,1-3H3,(H,15,17). The van der Waals surface area contributed by atoms with Crippen LogP contribution in [0, 0.1) is 6.92 Å². The quantitative estimate of drug-likeness (QED) is 0.672. The highest BCUT2D eigenvalue weighted by Gasteiger charge is 2.13. The highest BCUT2D eigenvalue weighted by molar-refractivity contribution is 5.81.